The van der Waals surface area contributed by atoms with E-state index in [4.69, 9.17) is 25.8 Å². The molecule has 1 atom stereocenters. The number of amides is 1. The number of alkyl carbamates (subject to hydrolysis) is 1. The third kappa shape index (κ3) is 6.94. The van der Waals surface area contributed by atoms with Crippen molar-refractivity contribution in [2.75, 3.05) is 13.7 Å². The van der Waals surface area contributed by atoms with Crippen LogP contribution in [0.2, 0.25) is 5.02 Å². The molecule has 0 saturated heterocycles. The minimum absolute atomic E-state index is 0.187. The molecule has 1 N–H and O–H groups in total. The molecule has 0 aliphatic heterocycles. The van der Waals surface area contributed by atoms with E-state index in [0.29, 0.717) is 23.3 Å². The van der Waals surface area contributed by atoms with E-state index in [9.17, 15) is 9.59 Å². The van der Waals surface area contributed by atoms with Gasteiger partial charge in [0.25, 0.3) is 0 Å². The van der Waals surface area contributed by atoms with Gasteiger partial charge in [-0.1, -0.05) is 18.0 Å². The Labute approximate surface area is 165 Å². The molecular weight excluding hydrogens is 370 g/mol. The van der Waals surface area contributed by atoms with Crippen molar-refractivity contribution < 1.29 is 23.8 Å². The van der Waals surface area contributed by atoms with Crippen molar-refractivity contribution in [3.63, 3.8) is 0 Å². The second-order valence-electron chi connectivity index (χ2n) is 7.79. The Morgan fingerprint density at radius 1 is 1.30 bits per heavy atom. The van der Waals surface area contributed by atoms with Gasteiger partial charge in [0.05, 0.1) is 13.7 Å². The lowest BCUT2D eigenvalue weighted by Gasteiger charge is -2.26. The number of benzene rings is 1. The Morgan fingerprint density at radius 3 is 2.56 bits per heavy atom. The van der Waals surface area contributed by atoms with Crippen molar-refractivity contribution in [2.45, 2.75) is 58.1 Å². The Morgan fingerprint density at radius 2 is 2.00 bits per heavy atom. The van der Waals surface area contributed by atoms with Crippen LogP contribution in [0, 0.1) is 5.92 Å². The minimum atomic E-state index is -0.908. The zero-order chi connectivity index (χ0) is 20.0. The lowest BCUT2D eigenvalue weighted by atomic mass is 9.86. The number of esters is 1. The van der Waals surface area contributed by atoms with E-state index in [2.05, 4.69) is 5.32 Å². The lowest BCUT2D eigenvalue weighted by Crippen LogP contribution is -2.45. The molecule has 1 aromatic carbocycles. The first kappa shape index (κ1) is 21.4. The van der Waals surface area contributed by atoms with Gasteiger partial charge in [-0.3, -0.25) is 0 Å². The predicted molar refractivity (Wildman–Crippen MR) is 103 cm³/mol. The molecule has 0 unspecified atom stereocenters. The van der Waals surface area contributed by atoms with Gasteiger partial charge >= 0.3 is 12.1 Å². The lowest BCUT2D eigenvalue weighted by molar-refractivity contribution is -0.143. The maximum absolute atomic E-state index is 12.2. The molecule has 1 aromatic rings. The van der Waals surface area contributed by atoms with Gasteiger partial charge in [-0.15, -0.1) is 0 Å². The summed E-state index contributed by atoms with van der Waals surface area (Å²) in [5, 5.41) is 3.10. The molecule has 1 saturated carbocycles. The summed E-state index contributed by atoms with van der Waals surface area (Å²) in [6.07, 6.45) is 3.09. The summed E-state index contributed by atoms with van der Waals surface area (Å²) in [5.41, 5.74) is 0.0611. The molecule has 0 bridgehead atoms. The Hall–Kier alpha value is -1.95. The highest BCUT2D eigenvalue weighted by atomic mass is 35.5. The van der Waals surface area contributed by atoms with E-state index in [1.807, 2.05) is 0 Å². The summed E-state index contributed by atoms with van der Waals surface area (Å²) in [7, 11) is 1.28. The number of rotatable bonds is 7. The van der Waals surface area contributed by atoms with Crippen LogP contribution in [0.4, 0.5) is 4.79 Å². The minimum Gasteiger partial charge on any atom is -0.493 e. The standard InChI is InChI=1S/C20H28ClNO5/c1-20(2,3)27-19(24)22-16(18(23)25-4)11-14-10-15(21)8-9-17(14)26-12-13-6-5-7-13/h8-10,13,16H,5-7,11-12H2,1-4H3,(H,22,24)/t16-/m0/s1. The molecule has 0 radical (unpaired) electrons. The molecule has 2 rings (SSSR count). The van der Waals surface area contributed by atoms with E-state index in [1.165, 1.54) is 26.4 Å². The van der Waals surface area contributed by atoms with Crippen LogP contribution in [0.15, 0.2) is 18.2 Å². The molecule has 7 heteroatoms. The average molecular weight is 398 g/mol. The number of carbonyl (C=O) groups excluding carboxylic acids is 2. The van der Waals surface area contributed by atoms with Crippen LogP contribution in [0.5, 0.6) is 5.75 Å². The highest BCUT2D eigenvalue weighted by Crippen LogP contribution is 2.29. The zero-order valence-corrected chi connectivity index (χ0v) is 17.1. The molecule has 27 heavy (non-hydrogen) atoms. The van der Waals surface area contributed by atoms with E-state index < -0.39 is 23.7 Å². The van der Waals surface area contributed by atoms with Crippen molar-refractivity contribution in [3.8, 4) is 5.75 Å². The smallest absolute Gasteiger partial charge is 0.408 e. The number of halogens is 1. The third-order valence-electron chi connectivity index (χ3n) is 4.32. The topological polar surface area (TPSA) is 73.9 Å². The van der Waals surface area contributed by atoms with Crippen LogP contribution in [-0.4, -0.2) is 37.4 Å². The second kappa shape index (κ2) is 9.31. The molecule has 6 nitrogen and oxygen atoms in total. The molecule has 1 amide bonds. The fraction of sp³-hybridized carbons (Fsp3) is 0.600. The summed E-state index contributed by atoms with van der Waals surface area (Å²) in [4.78, 5) is 24.3. The Balaban J connectivity index is 2.11. The maximum Gasteiger partial charge on any atom is 0.408 e. The molecule has 0 heterocycles. The summed E-state index contributed by atoms with van der Waals surface area (Å²) in [6, 6.07) is 4.37. The highest BCUT2D eigenvalue weighted by Gasteiger charge is 2.27. The summed E-state index contributed by atoms with van der Waals surface area (Å²) < 4.78 is 16.0. The van der Waals surface area contributed by atoms with Crippen molar-refractivity contribution in [1.82, 2.24) is 5.32 Å². The van der Waals surface area contributed by atoms with Gasteiger partial charge in [-0.05, 0) is 63.3 Å². The number of ether oxygens (including phenoxy) is 3. The maximum atomic E-state index is 12.2. The second-order valence-corrected chi connectivity index (χ2v) is 8.22. The van der Waals surface area contributed by atoms with Crippen LogP contribution in [-0.2, 0) is 20.7 Å². The van der Waals surface area contributed by atoms with Crippen LogP contribution < -0.4 is 10.1 Å². The van der Waals surface area contributed by atoms with Gasteiger partial charge in [0.15, 0.2) is 0 Å². The zero-order valence-electron chi connectivity index (χ0n) is 16.3. The molecule has 0 aromatic heterocycles. The van der Waals surface area contributed by atoms with Gasteiger partial charge in [0, 0.05) is 11.4 Å². The number of nitrogens with one attached hydrogen (secondary N) is 1. The van der Waals surface area contributed by atoms with Crippen LogP contribution >= 0.6 is 11.6 Å². The SMILES string of the molecule is COC(=O)[C@H](Cc1cc(Cl)ccc1OCC1CCC1)NC(=O)OC(C)(C)C. The van der Waals surface area contributed by atoms with Gasteiger partial charge in [-0.2, -0.15) is 0 Å². The van der Waals surface area contributed by atoms with E-state index in [1.54, 1.807) is 39.0 Å². The molecular formula is C20H28ClNO5. The summed E-state index contributed by atoms with van der Waals surface area (Å²) in [6.45, 7) is 5.90. The first-order chi connectivity index (χ1) is 12.7. The summed E-state index contributed by atoms with van der Waals surface area (Å²) in [5.74, 6) is 0.668. The Kier molecular flexibility index (Phi) is 7.36. The number of carbonyl (C=O) groups is 2. The van der Waals surface area contributed by atoms with Gasteiger partial charge in [0.1, 0.15) is 17.4 Å². The summed E-state index contributed by atoms with van der Waals surface area (Å²) >= 11 is 6.12. The normalized spacial score (nSPS) is 15.4. The van der Waals surface area contributed by atoms with Gasteiger partial charge < -0.3 is 19.5 Å². The molecule has 1 aliphatic rings. The first-order valence-electron chi connectivity index (χ1n) is 9.16. The quantitative estimate of drug-likeness (QED) is 0.700. The van der Waals surface area contributed by atoms with Crippen LogP contribution in [0.3, 0.4) is 0 Å². The molecule has 0 spiro atoms. The van der Waals surface area contributed by atoms with Crippen molar-refractivity contribution >= 4 is 23.7 Å². The Bertz CT molecular complexity index is 667. The molecule has 1 aliphatic carbocycles. The fourth-order valence-corrected chi connectivity index (χ4v) is 2.92. The van der Waals surface area contributed by atoms with Crippen molar-refractivity contribution in [1.29, 1.82) is 0 Å². The predicted octanol–water partition coefficient (Wildman–Crippen LogP) is 4.13. The van der Waals surface area contributed by atoms with E-state index in [0.717, 1.165) is 5.56 Å². The first-order valence-corrected chi connectivity index (χ1v) is 9.54. The third-order valence-corrected chi connectivity index (χ3v) is 4.56. The fourth-order valence-electron chi connectivity index (χ4n) is 2.72. The van der Waals surface area contributed by atoms with Crippen molar-refractivity contribution in [3.05, 3.63) is 28.8 Å². The highest BCUT2D eigenvalue weighted by molar-refractivity contribution is 6.30. The van der Waals surface area contributed by atoms with E-state index in [-0.39, 0.29) is 6.42 Å². The van der Waals surface area contributed by atoms with Crippen LogP contribution in [0.25, 0.3) is 0 Å². The van der Waals surface area contributed by atoms with E-state index >= 15 is 0 Å². The number of hydrogen-bond donors (Lipinski definition) is 1. The molecule has 150 valence electrons. The monoisotopic (exact) mass is 397 g/mol. The van der Waals surface area contributed by atoms with Crippen molar-refractivity contribution in [2.24, 2.45) is 5.92 Å². The van der Waals surface area contributed by atoms with Gasteiger partial charge in [0.2, 0.25) is 0 Å². The number of methoxy groups -OCH3 is 1. The average Bonchev–Trinajstić information content (AvgIpc) is 2.52. The van der Waals surface area contributed by atoms with Crippen LogP contribution in [0.1, 0.15) is 45.6 Å². The number of hydrogen-bond acceptors (Lipinski definition) is 5. The molecule has 1 fully saturated rings. The van der Waals surface area contributed by atoms with Gasteiger partial charge in [-0.25, -0.2) is 9.59 Å². The largest absolute Gasteiger partial charge is 0.493 e.